The van der Waals surface area contributed by atoms with Crippen molar-refractivity contribution in [2.75, 3.05) is 37.7 Å². The third kappa shape index (κ3) is 4.46. The Morgan fingerprint density at radius 2 is 1.92 bits per heavy atom. The van der Waals surface area contributed by atoms with Crippen LogP contribution in [0, 0.1) is 12.8 Å². The van der Waals surface area contributed by atoms with E-state index in [2.05, 4.69) is 29.6 Å². The molecule has 0 bridgehead atoms. The molecule has 0 aliphatic carbocycles. The number of hydrogen-bond donors (Lipinski definition) is 0. The number of halogens is 3. The van der Waals surface area contributed by atoms with Crippen LogP contribution in [0.1, 0.15) is 41.8 Å². The highest BCUT2D eigenvalue weighted by atomic mass is 35.5. The molecule has 3 aliphatic heterocycles. The number of piperidine rings is 1. The number of alkyl halides is 2. The molecule has 0 atom stereocenters. The molecule has 6 rings (SSSR count). The van der Waals surface area contributed by atoms with Crippen molar-refractivity contribution >= 4 is 17.4 Å². The number of benzene rings is 1. The molecule has 0 saturated carbocycles. The average molecular weight is 516 g/mol. The molecule has 0 amide bonds. The quantitative estimate of drug-likeness (QED) is 0.508. The van der Waals surface area contributed by atoms with Crippen LogP contribution in [-0.4, -0.2) is 68.4 Å². The maximum absolute atomic E-state index is 14.9. The maximum atomic E-state index is 14.9. The SMILES string of the molecule is Cc1nccc(N2CCC(c3nnc4n3-c3ccc(Cl)cc3CN(CC(F)(F)C3COC3)C4)CC2)n1. The van der Waals surface area contributed by atoms with E-state index < -0.39 is 11.8 Å². The van der Waals surface area contributed by atoms with Crippen molar-refractivity contribution < 1.29 is 13.5 Å². The lowest BCUT2D eigenvalue weighted by Crippen LogP contribution is -2.49. The number of aromatic nitrogens is 5. The fourth-order valence-corrected chi connectivity index (χ4v) is 5.56. The van der Waals surface area contributed by atoms with Gasteiger partial charge in [0.05, 0.1) is 37.9 Å². The molecule has 0 N–H and O–H groups in total. The van der Waals surface area contributed by atoms with Crippen LogP contribution in [-0.2, 0) is 17.8 Å². The first kappa shape index (κ1) is 23.7. The van der Waals surface area contributed by atoms with Gasteiger partial charge in [-0.15, -0.1) is 10.2 Å². The van der Waals surface area contributed by atoms with Crippen molar-refractivity contribution in [2.24, 2.45) is 5.92 Å². The number of nitrogens with zero attached hydrogens (tertiary/aromatic N) is 7. The van der Waals surface area contributed by atoms with Crippen molar-refractivity contribution in [1.82, 2.24) is 29.6 Å². The monoisotopic (exact) mass is 515 g/mol. The van der Waals surface area contributed by atoms with E-state index in [0.29, 0.717) is 23.9 Å². The number of hydrogen-bond acceptors (Lipinski definition) is 7. The van der Waals surface area contributed by atoms with Crippen molar-refractivity contribution in [1.29, 1.82) is 0 Å². The predicted molar refractivity (Wildman–Crippen MR) is 131 cm³/mol. The number of rotatable bonds is 5. The van der Waals surface area contributed by atoms with Gasteiger partial charge >= 0.3 is 0 Å². The van der Waals surface area contributed by atoms with Gasteiger partial charge in [-0.05, 0) is 49.6 Å². The van der Waals surface area contributed by atoms with E-state index >= 15 is 0 Å². The number of anilines is 1. The summed E-state index contributed by atoms with van der Waals surface area (Å²) in [5, 5.41) is 9.67. The highest BCUT2D eigenvalue weighted by Crippen LogP contribution is 2.36. The zero-order chi connectivity index (χ0) is 24.9. The maximum Gasteiger partial charge on any atom is 0.267 e. The Morgan fingerprint density at radius 3 is 2.64 bits per heavy atom. The summed E-state index contributed by atoms with van der Waals surface area (Å²) in [4.78, 5) is 12.8. The summed E-state index contributed by atoms with van der Waals surface area (Å²) in [5.74, 6) is -0.108. The normalized spacial score (nSPS) is 19.5. The van der Waals surface area contributed by atoms with Gasteiger partial charge in [0.25, 0.3) is 5.92 Å². The van der Waals surface area contributed by atoms with Gasteiger partial charge in [-0.25, -0.2) is 18.7 Å². The Kier molecular flexibility index (Phi) is 6.13. The minimum atomic E-state index is -2.83. The predicted octanol–water partition coefficient (Wildman–Crippen LogP) is 4.00. The number of fused-ring (bicyclic) bond motifs is 3. The topological polar surface area (TPSA) is 72.2 Å². The highest BCUT2D eigenvalue weighted by molar-refractivity contribution is 6.30. The van der Waals surface area contributed by atoms with Gasteiger partial charge in [0, 0.05) is 36.8 Å². The lowest BCUT2D eigenvalue weighted by Gasteiger charge is -2.36. The van der Waals surface area contributed by atoms with Gasteiger partial charge in [-0.2, -0.15) is 0 Å². The van der Waals surface area contributed by atoms with Crippen LogP contribution in [0.4, 0.5) is 14.6 Å². The third-order valence-corrected chi connectivity index (χ3v) is 7.65. The number of ether oxygens (including phenoxy) is 1. The lowest BCUT2D eigenvalue weighted by atomic mass is 9.95. The third-order valence-electron chi connectivity index (χ3n) is 7.41. The summed E-state index contributed by atoms with van der Waals surface area (Å²) in [6, 6.07) is 7.60. The summed E-state index contributed by atoms with van der Waals surface area (Å²) in [7, 11) is 0. The summed E-state index contributed by atoms with van der Waals surface area (Å²) >= 11 is 6.33. The fraction of sp³-hybridized carbons (Fsp3) is 0.520. The minimum Gasteiger partial charge on any atom is -0.380 e. The van der Waals surface area contributed by atoms with E-state index in [1.165, 1.54) is 0 Å². The molecule has 2 fully saturated rings. The van der Waals surface area contributed by atoms with Crippen molar-refractivity contribution in [3.8, 4) is 5.69 Å². The minimum absolute atomic E-state index is 0.108. The molecule has 3 aliphatic rings. The van der Waals surface area contributed by atoms with E-state index in [1.54, 1.807) is 11.1 Å². The van der Waals surface area contributed by atoms with Crippen LogP contribution >= 0.6 is 11.6 Å². The van der Waals surface area contributed by atoms with Crippen LogP contribution in [0.15, 0.2) is 30.5 Å². The van der Waals surface area contributed by atoms with Gasteiger partial charge < -0.3 is 9.64 Å². The average Bonchev–Trinajstić information content (AvgIpc) is 3.14. The molecule has 36 heavy (non-hydrogen) atoms. The van der Waals surface area contributed by atoms with E-state index in [9.17, 15) is 8.78 Å². The van der Waals surface area contributed by atoms with Gasteiger partial charge in [0.1, 0.15) is 17.5 Å². The summed E-state index contributed by atoms with van der Waals surface area (Å²) in [6.45, 7) is 4.11. The largest absolute Gasteiger partial charge is 0.380 e. The zero-order valence-electron chi connectivity index (χ0n) is 20.1. The van der Waals surface area contributed by atoms with E-state index in [1.807, 2.05) is 31.2 Å². The standard InChI is InChI=1S/C25H28ClF2N7O/c1-16-29-7-4-22(30-16)34-8-5-17(6-9-34)24-32-31-23-12-33(15-25(27,28)19-13-36-14-19)11-18-10-20(26)2-3-21(18)35(23)24/h2-4,7,10,17,19H,5-6,8-9,11-15H2,1H3. The molecule has 190 valence electrons. The Morgan fingerprint density at radius 1 is 1.11 bits per heavy atom. The first-order valence-electron chi connectivity index (χ1n) is 12.3. The van der Waals surface area contributed by atoms with Crippen molar-refractivity contribution in [2.45, 2.75) is 44.7 Å². The number of aryl methyl sites for hydroxylation is 1. The first-order chi connectivity index (χ1) is 17.4. The summed E-state index contributed by atoms with van der Waals surface area (Å²) in [6.07, 6.45) is 3.58. The van der Waals surface area contributed by atoms with Crippen LogP contribution in [0.5, 0.6) is 0 Å². The molecular formula is C25H28ClF2N7O. The Labute approximate surface area is 213 Å². The molecule has 2 aromatic heterocycles. The molecule has 0 radical (unpaired) electrons. The zero-order valence-corrected chi connectivity index (χ0v) is 20.8. The molecule has 8 nitrogen and oxygen atoms in total. The van der Waals surface area contributed by atoms with Gasteiger partial charge in [0.2, 0.25) is 0 Å². The van der Waals surface area contributed by atoms with Crippen molar-refractivity contribution in [3.63, 3.8) is 0 Å². The Balaban J connectivity index is 1.27. The molecule has 0 spiro atoms. The molecular weight excluding hydrogens is 488 g/mol. The van der Waals surface area contributed by atoms with E-state index in [-0.39, 0.29) is 25.7 Å². The van der Waals surface area contributed by atoms with E-state index in [4.69, 9.17) is 16.3 Å². The molecule has 5 heterocycles. The van der Waals surface area contributed by atoms with Gasteiger partial charge in [-0.3, -0.25) is 9.47 Å². The second kappa shape index (κ2) is 9.32. The summed E-state index contributed by atoms with van der Waals surface area (Å²) in [5.41, 5.74) is 1.82. The van der Waals surface area contributed by atoms with Crippen LogP contribution < -0.4 is 4.90 Å². The summed E-state index contributed by atoms with van der Waals surface area (Å²) < 4.78 is 36.9. The lowest BCUT2D eigenvalue weighted by molar-refractivity contribution is -0.179. The molecule has 0 unspecified atom stereocenters. The Bertz CT molecular complexity index is 1260. The molecule has 2 saturated heterocycles. The van der Waals surface area contributed by atoms with E-state index in [0.717, 1.165) is 54.6 Å². The second-order valence-electron chi connectivity index (χ2n) is 9.95. The second-order valence-corrected chi connectivity index (χ2v) is 10.4. The molecule has 3 aromatic rings. The Hall–Kier alpha value is -2.69. The van der Waals surface area contributed by atoms with Crippen LogP contribution in [0.25, 0.3) is 5.69 Å². The fourth-order valence-electron chi connectivity index (χ4n) is 5.36. The van der Waals surface area contributed by atoms with Gasteiger partial charge in [0.15, 0.2) is 5.82 Å². The van der Waals surface area contributed by atoms with Crippen LogP contribution in [0.3, 0.4) is 0 Å². The first-order valence-corrected chi connectivity index (χ1v) is 12.7. The molecule has 11 heteroatoms. The molecule has 1 aromatic carbocycles. The highest BCUT2D eigenvalue weighted by Gasteiger charge is 2.45. The van der Waals surface area contributed by atoms with Crippen LogP contribution in [0.2, 0.25) is 5.02 Å². The van der Waals surface area contributed by atoms with Crippen molar-refractivity contribution in [3.05, 3.63) is 58.5 Å². The smallest absolute Gasteiger partial charge is 0.267 e. The van der Waals surface area contributed by atoms with Gasteiger partial charge in [-0.1, -0.05) is 11.6 Å².